The van der Waals surface area contributed by atoms with E-state index in [4.69, 9.17) is 35.4 Å². The second kappa shape index (κ2) is 48.9. The summed E-state index contributed by atoms with van der Waals surface area (Å²) in [4.78, 5) is 38.0. The largest absolute Gasteiger partial charge is 1.00 e. The van der Waals surface area contributed by atoms with Gasteiger partial charge < -0.3 is 40.8 Å². The molecular formula is C24H47N2Na3O7. The molecule has 0 aromatic carbocycles. The number of nitrogens with two attached hydrogens (primary N) is 1. The predicted molar refractivity (Wildman–Crippen MR) is 124 cm³/mol. The van der Waals surface area contributed by atoms with E-state index in [9.17, 15) is 4.79 Å². The molecule has 0 unspecified atom stereocenters. The van der Waals surface area contributed by atoms with E-state index in [0.29, 0.717) is 19.5 Å². The van der Waals surface area contributed by atoms with Crippen LogP contribution in [0.1, 0.15) is 118 Å². The Hall–Kier alpha value is 0.840. The van der Waals surface area contributed by atoms with Gasteiger partial charge in [0, 0.05) is 37.4 Å². The average Bonchev–Trinajstić information content (AvgIpc) is 2.68. The van der Waals surface area contributed by atoms with Gasteiger partial charge in [-0.3, -0.25) is 4.79 Å². The Balaban J connectivity index is -0.0000000936. The molecule has 0 aliphatic heterocycles. The molecule has 3 N–H and O–H groups in total. The number of aliphatic carboxylic acids is 3. The molecule has 0 saturated heterocycles. The molecule has 0 aliphatic carbocycles. The SMILES string of the molecule is CC(=O)[O-].CC(=O)[O-].CC(=O)[O-].CCCCCCCCCCCCCCCC(=O)NCCN.[Na+].[Na+].[Na+]. The van der Waals surface area contributed by atoms with Crippen molar-refractivity contribution in [1.29, 1.82) is 0 Å². The summed E-state index contributed by atoms with van der Waals surface area (Å²) in [5, 5.41) is 29.5. The second-order valence-electron chi connectivity index (χ2n) is 7.61. The molecule has 0 aliphatic rings. The van der Waals surface area contributed by atoms with Crippen LogP contribution in [0.25, 0.3) is 0 Å². The average molecular weight is 545 g/mol. The normalized spacial score (nSPS) is 8.36. The van der Waals surface area contributed by atoms with Crippen LogP contribution in [-0.4, -0.2) is 36.9 Å². The van der Waals surface area contributed by atoms with Crippen LogP contribution < -0.4 is 115 Å². The first-order valence-electron chi connectivity index (χ1n) is 12.0. The molecule has 0 atom stereocenters. The number of carbonyl (C=O) groups excluding carboxylic acids is 4. The van der Waals surface area contributed by atoms with Crippen molar-refractivity contribution < 1.29 is 123 Å². The summed E-state index contributed by atoms with van der Waals surface area (Å²) < 4.78 is 0. The van der Waals surface area contributed by atoms with E-state index in [2.05, 4.69) is 12.2 Å². The third kappa shape index (κ3) is 101. The van der Waals surface area contributed by atoms with Crippen LogP contribution >= 0.6 is 0 Å². The molecule has 0 radical (unpaired) electrons. The van der Waals surface area contributed by atoms with Crippen LogP contribution in [0.15, 0.2) is 0 Å². The van der Waals surface area contributed by atoms with Gasteiger partial charge in [0.2, 0.25) is 5.91 Å². The zero-order valence-corrected chi connectivity index (χ0v) is 30.2. The topological polar surface area (TPSA) is 176 Å². The van der Waals surface area contributed by atoms with Crippen LogP contribution in [0, 0.1) is 0 Å². The minimum absolute atomic E-state index is 0. The maximum Gasteiger partial charge on any atom is 1.00 e. The van der Waals surface area contributed by atoms with Crippen molar-refractivity contribution >= 4 is 23.8 Å². The quantitative estimate of drug-likeness (QED) is 0.142. The Labute approximate surface area is 285 Å². The minimum Gasteiger partial charge on any atom is -0.550 e. The molecule has 0 rings (SSSR count). The van der Waals surface area contributed by atoms with Crippen LogP contribution in [0.4, 0.5) is 0 Å². The van der Waals surface area contributed by atoms with Gasteiger partial charge in [-0.15, -0.1) is 0 Å². The number of amides is 1. The zero-order chi connectivity index (χ0) is 26.3. The Bertz CT molecular complexity index is 432. The van der Waals surface area contributed by atoms with Crippen molar-refractivity contribution in [1.82, 2.24) is 5.32 Å². The second-order valence-corrected chi connectivity index (χ2v) is 7.61. The maximum atomic E-state index is 11.3. The fourth-order valence-corrected chi connectivity index (χ4v) is 2.60. The predicted octanol–water partition coefficient (Wildman–Crippen LogP) is -8.18. The van der Waals surface area contributed by atoms with E-state index in [0.717, 1.165) is 27.2 Å². The number of hydrogen-bond acceptors (Lipinski definition) is 8. The van der Waals surface area contributed by atoms with Gasteiger partial charge >= 0.3 is 88.7 Å². The van der Waals surface area contributed by atoms with Crippen molar-refractivity contribution in [2.75, 3.05) is 13.1 Å². The van der Waals surface area contributed by atoms with Gasteiger partial charge in [0.1, 0.15) is 0 Å². The van der Waals surface area contributed by atoms with Crippen LogP contribution in [0.5, 0.6) is 0 Å². The van der Waals surface area contributed by atoms with E-state index in [1.165, 1.54) is 77.0 Å². The summed E-state index contributed by atoms with van der Waals surface area (Å²) in [5.74, 6) is -3.09. The monoisotopic (exact) mass is 544 g/mol. The maximum absolute atomic E-state index is 11.3. The van der Waals surface area contributed by atoms with E-state index in [-0.39, 0.29) is 94.6 Å². The Morgan fingerprint density at radius 3 is 1.08 bits per heavy atom. The molecule has 0 bridgehead atoms. The van der Waals surface area contributed by atoms with Crippen molar-refractivity contribution in [3.05, 3.63) is 0 Å². The summed E-state index contributed by atoms with van der Waals surface area (Å²) in [6.45, 7) is 6.33. The van der Waals surface area contributed by atoms with E-state index in [1.807, 2.05) is 0 Å². The summed E-state index contributed by atoms with van der Waals surface area (Å²) in [5.41, 5.74) is 5.34. The molecule has 0 heterocycles. The standard InChI is InChI=1S/C18H38N2O.3C2H4O2.3Na/c1-2-3-4-5-6-7-8-9-10-11-12-13-14-15-18(21)20-17-16-19;3*1-2(3)4;;;/h2-17,19H2,1H3,(H,20,21);3*1H3,(H,3,4);;;/q;;;;3*+1/p-3. The molecule has 12 heteroatoms. The van der Waals surface area contributed by atoms with Crippen molar-refractivity contribution in [2.24, 2.45) is 5.73 Å². The van der Waals surface area contributed by atoms with Crippen LogP contribution in [0.3, 0.4) is 0 Å². The van der Waals surface area contributed by atoms with Crippen molar-refractivity contribution in [3.8, 4) is 0 Å². The van der Waals surface area contributed by atoms with Crippen molar-refractivity contribution in [2.45, 2.75) is 118 Å². The Morgan fingerprint density at radius 1 is 0.583 bits per heavy atom. The van der Waals surface area contributed by atoms with Gasteiger partial charge in [-0.25, -0.2) is 0 Å². The fraction of sp³-hybridized carbons (Fsp3) is 0.833. The third-order valence-corrected chi connectivity index (χ3v) is 3.97. The Kier molecular flexibility index (Phi) is 72.1. The third-order valence-electron chi connectivity index (χ3n) is 3.97. The van der Waals surface area contributed by atoms with Gasteiger partial charge in [0.15, 0.2) is 0 Å². The molecule has 1 amide bonds. The number of unbranched alkanes of at least 4 members (excludes halogenated alkanes) is 12. The fourth-order valence-electron chi connectivity index (χ4n) is 2.60. The van der Waals surface area contributed by atoms with Gasteiger partial charge in [-0.05, 0) is 27.2 Å². The van der Waals surface area contributed by atoms with Gasteiger partial charge in [0.05, 0.1) is 0 Å². The van der Waals surface area contributed by atoms with Gasteiger partial charge in [0.25, 0.3) is 0 Å². The molecule has 9 nitrogen and oxygen atoms in total. The van der Waals surface area contributed by atoms with E-state index >= 15 is 0 Å². The summed E-state index contributed by atoms with van der Waals surface area (Å²) >= 11 is 0. The molecule has 0 fully saturated rings. The number of carboxylic acids is 3. The molecule has 0 spiro atoms. The summed E-state index contributed by atoms with van der Waals surface area (Å²) in [6, 6.07) is 0. The molecule has 36 heavy (non-hydrogen) atoms. The summed E-state index contributed by atoms with van der Waals surface area (Å²) in [7, 11) is 0. The van der Waals surface area contributed by atoms with Gasteiger partial charge in [-0.1, -0.05) is 84.0 Å². The molecular weight excluding hydrogens is 497 g/mol. The molecule has 0 aromatic heterocycles. The Morgan fingerprint density at radius 2 is 0.833 bits per heavy atom. The number of hydrogen-bond donors (Lipinski definition) is 2. The number of carboxylic acid groups (broad SMARTS) is 3. The first-order valence-corrected chi connectivity index (χ1v) is 12.0. The van der Waals surface area contributed by atoms with Crippen molar-refractivity contribution in [3.63, 3.8) is 0 Å². The number of carbonyl (C=O) groups is 4. The zero-order valence-electron chi connectivity index (χ0n) is 24.2. The van der Waals surface area contributed by atoms with Gasteiger partial charge in [-0.2, -0.15) is 0 Å². The van der Waals surface area contributed by atoms with E-state index in [1.54, 1.807) is 0 Å². The molecule has 0 saturated carbocycles. The van der Waals surface area contributed by atoms with E-state index < -0.39 is 17.9 Å². The number of nitrogens with one attached hydrogen (secondary N) is 1. The molecule has 0 aromatic rings. The first kappa shape index (κ1) is 53.1. The smallest absolute Gasteiger partial charge is 0.550 e. The van der Waals surface area contributed by atoms with Crippen LogP contribution in [-0.2, 0) is 19.2 Å². The first-order chi connectivity index (χ1) is 15.5. The molecule has 198 valence electrons. The van der Waals surface area contributed by atoms with Crippen LogP contribution in [0.2, 0.25) is 0 Å². The minimum atomic E-state index is -1.08. The number of rotatable bonds is 16. The summed E-state index contributed by atoms with van der Waals surface area (Å²) in [6.07, 6.45) is 18.1.